The van der Waals surface area contributed by atoms with Gasteiger partial charge in [0.25, 0.3) is 0 Å². The number of aryl methyl sites for hydroxylation is 2. The third-order valence-corrected chi connectivity index (χ3v) is 2.39. The van der Waals surface area contributed by atoms with Gasteiger partial charge in [-0.1, -0.05) is 26.0 Å². The Kier molecular flexibility index (Phi) is 4.10. The second-order valence-corrected chi connectivity index (χ2v) is 3.51. The summed E-state index contributed by atoms with van der Waals surface area (Å²) in [5.74, 6) is 0.429. The first-order valence-corrected chi connectivity index (χ1v) is 5.56. The van der Waals surface area contributed by atoms with E-state index in [4.69, 9.17) is 0 Å². The minimum absolute atomic E-state index is 0.429. The smallest absolute Gasteiger partial charge is 0.142 e. The summed E-state index contributed by atoms with van der Waals surface area (Å²) in [6, 6.07) is 5.55. The van der Waals surface area contributed by atoms with Crippen LogP contribution in [-0.4, -0.2) is 8.76 Å². The molecule has 4 heteroatoms. The molecule has 0 heterocycles. The van der Waals surface area contributed by atoms with Gasteiger partial charge in [-0.25, -0.2) is 4.21 Å². The van der Waals surface area contributed by atoms with E-state index in [-0.39, 0.29) is 0 Å². The van der Waals surface area contributed by atoms with Crippen molar-refractivity contribution in [3.8, 4) is 5.75 Å². The summed E-state index contributed by atoms with van der Waals surface area (Å²) >= 11 is -2.49. The quantitative estimate of drug-likeness (QED) is 0.718. The summed E-state index contributed by atoms with van der Waals surface area (Å²) in [5.41, 5.74) is 2.11. The molecule has 0 amide bonds. The molecule has 14 heavy (non-hydrogen) atoms. The van der Waals surface area contributed by atoms with Crippen molar-refractivity contribution in [3.63, 3.8) is 0 Å². The molecule has 3 nitrogen and oxygen atoms in total. The Morgan fingerprint density at radius 1 is 1.36 bits per heavy atom. The normalized spacial score (nSPS) is 12.5. The van der Waals surface area contributed by atoms with Crippen LogP contribution in [0.15, 0.2) is 18.2 Å². The number of rotatable bonds is 4. The van der Waals surface area contributed by atoms with Gasteiger partial charge in [0.15, 0.2) is 0 Å². The van der Waals surface area contributed by atoms with Crippen LogP contribution >= 0.6 is 0 Å². The fourth-order valence-corrected chi connectivity index (χ4v) is 1.59. The second kappa shape index (κ2) is 5.12. The minimum Gasteiger partial charge on any atom is -0.740 e. The van der Waals surface area contributed by atoms with Gasteiger partial charge in [0, 0.05) is 0 Å². The van der Waals surface area contributed by atoms with E-state index in [1.165, 1.54) is 5.56 Å². The van der Waals surface area contributed by atoms with Crippen LogP contribution < -0.4 is 4.18 Å². The summed E-state index contributed by atoms with van der Waals surface area (Å²) in [7, 11) is 0. The highest BCUT2D eigenvalue weighted by Gasteiger charge is 2.03. The maximum absolute atomic E-state index is 10.4. The third kappa shape index (κ3) is 2.82. The fourth-order valence-electron chi connectivity index (χ4n) is 1.28. The molecule has 1 unspecified atom stereocenters. The average molecular weight is 213 g/mol. The van der Waals surface area contributed by atoms with Gasteiger partial charge in [0.05, 0.1) is 0 Å². The molecule has 0 aliphatic carbocycles. The largest absolute Gasteiger partial charge is 0.740 e. The van der Waals surface area contributed by atoms with E-state index in [0.717, 1.165) is 18.4 Å². The van der Waals surface area contributed by atoms with Crippen molar-refractivity contribution in [3.05, 3.63) is 29.3 Å². The maximum atomic E-state index is 10.4. The summed E-state index contributed by atoms with van der Waals surface area (Å²) in [5, 5.41) is 0. The van der Waals surface area contributed by atoms with Gasteiger partial charge in [-0.3, -0.25) is 0 Å². The van der Waals surface area contributed by atoms with E-state index in [0.29, 0.717) is 5.75 Å². The molecule has 0 N–H and O–H groups in total. The highest BCUT2D eigenvalue weighted by atomic mass is 32.2. The van der Waals surface area contributed by atoms with E-state index in [1.807, 2.05) is 19.1 Å². The second-order valence-electron chi connectivity index (χ2n) is 2.94. The highest BCUT2D eigenvalue weighted by Crippen LogP contribution is 2.21. The fraction of sp³-hybridized carbons (Fsp3) is 0.400. The first-order chi connectivity index (χ1) is 6.67. The lowest BCUT2D eigenvalue weighted by Crippen LogP contribution is -2.01. The number of hydrogen-bond donors (Lipinski definition) is 0. The highest BCUT2D eigenvalue weighted by molar-refractivity contribution is 7.74. The first kappa shape index (κ1) is 11.2. The van der Waals surface area contributed by atoms with Gasteiger partial charge in [-0.15, -0.1) is 0 Å². The van der Waals surface area contributed by atoms with Crippen LogP contribution in [0.4, 0.5) is 0 Å². The lowest BCUT2D eigenvalue weighted by atomic mass is 10.1. The molecular weight excluding hydrogens is 200 g/mol. The van der Waals surface area contributed by atoms with Crippen LogP contribution in [0, 0.1) is 0 Å². The maximum Gasteiger partial charge on any atom is 0.142 e. The lowest BCUT2D eigenvalue weighted by molar-refractivity contribution is 0.438. The van der Waals surface area contributed by atoms with Gasteiger partial charge in [-0.2, -0.15) is 0 Å². The van der Waals surface area contributed by atoms with Gasteiger partial charge < -0.3 is 8.74 Å². The van der Waals surface area contributed by atoms with Crippen LogP contribution in [0.2, 0.25) is 0 Å². The van der Waals surface area contributed by atoms with Crippen molar-refractivity contribution in [2.45, 2.75) is 26.7 Å². The Hall–Kier alpha value is -0.870. The van der Waals surface area contributed by atoms with Gasteiger partial charge >= 0.3 is 0 Å². The van der Waals surface area contributed by atoms with E-state index in [1.54, 1.807) is 6.07 Å². The average Bonchev–Trinajstić information content (AvgIpc) is 2.17. The number of hydrogen-bond acceptors (Lipinski definition) is 3. The van der Waals surface area contributed by atoms with Crippen LogP contribution in [-0.2, 0) is 24.2 Å². The molecule has 78 valence electrons. The zero-order valence-electron chi connectivity index (χ0n) is 8.28. The molecule has 1 aromatic rings. The Morgan fingerprint density at radius 3 is 2.57 bits per heavy atom. The molecule has 0 bridgehead atoms. The molecule has 1 aromatic carbocycles. The molecule has 1 atom stereocenters. The third-order valence-electron chi connectivity index (χ3n) is 2.07. The Balaban J connectivity index is 2.98. The zero-order chi connectivity index (χ0) is 10.6. The monoisotopic (exact) mass is 213 g/mol. The first-order valence-electron chi connectivity index (χ1n) is 4.56. The summed E-state index contributed by atoms with van der Waals surface area (Å²) in [6.45, 7) is 4.02. The van der Waals surface area contributed by atoms with Crippen LogP contribution in [0.3, 0.4) is 0 Å². The summed E-state index contributed by atoms with van der Waals surface area (Å²) < 4.78 is 25.4. The van der Waals surface area contributed by atoms with E-state index in [9.17, 15) is 8.76 Å². The SMILES string of the molecule is CCc1ccc(OS(=O)[O-])c(CC)c1. The van der Waals surface area contributed by atoms with E-state index in [2.05, 4.69) is 11.1 Å². The van der Waals surface area contributed by atoms with Gasteiger partial charge in [0.2, 0.25) is 0 Å². The van der Waals surface area contributed by atoms with Crippen LogP contribution in [0.5, 0.6) is 5.75 Å². The topological polar surface area (TPSA) is 49.4 Å². The summed E-state index contributed by atoms with van der Waals surface area (Å²) in [4.78, 5) is 0. The molecule has 0 fully saturated rings. The van der Waals surface area contributed by atoms with Gasteiger partial charge in [-0.05, 0) is 30.0 Å². The Bertz CT molecular complexity index is 336. The summed E-state index contributed by atoms with van der Waals surface area (Å²) in [6.07, 6.45) is 1.70. The predicted molar refractivity (Wildman–Crippen MR) is 54.7 cm³/mol. The molecule has 0 aliphatic heterocycles. The Labute approximate surface area is 86.6 Å². The molecule has 0 aliphatic rings. The lowest BCUT2D eigenvalue weighted by Gasteiger charge is -2.11. The minimum atomic E-state index is -2.49. The van der Waals surface area contributed by atoms with Crippen molar-refractivity contribution in [2.75, 3.05) is 0 Å². The molecule has 0 saturated heterocycles. The molecule has 0 aromatic heterocycles. The number of benzene rings is 1. The molecular formula is C10H13O3S-. The van der Waals surface area contributed by atoms with Gasteiger partial charge in [0.1, 0.15) is 17.1 Å². The van der Waals surface area contributed by atoms with E-state index >= 15 is 0 Å². The molecule has 1 rings (SSSR count). The molecule has 0 radical (unpaired) electrons. The Morgan fingerprint density at radius 2 is 2.07 bits per heavy atom. The van der Waals surface area contributed by atoms with Crippen molar-refractivity contribution >= 4 is 11.4 Å². The van der Waals surface area contributed by atoms with Crippen molar-refractivity contribution in [1.82, 2.24) is 0 Å². The van der Waals surface area contributed by atoms with Crippen LogP contribution in [0.1, 0.15) is 25.0 Å². The van der Waals surface area contributed by atoms with Crippen molar-refractivity contribution in [2.24, 2.45) is 0 Å². The van der Waals surface area contributed by atoms with Crippen molar-refractivity contribution < 1.29 is 12.9 Å². The predicted octanol–water partition coefficient (Wildman–Crippen LogP) is 1.98. The van der Waals surface area contributed by atoms with E-state index < -0.39 is 11.4 Å². The van der Waals surface area contributed by atoms with Crippen molar-refractivity contribution in [1.29, 1.82) is 0 Å². The standard InChI is InChI=1S/C10H14O3S/c1-3-8-5-6-10(13-14(11)12)9(4-2)7-8/h5-7H,3-4H2,1-2H3,(H,11,12)/p-1. The van der Waals surface area contributed by atoms with Crippen LogP contribution in [0.25, 0.3) is 0 Å². The molecule has 0 saturated carbocycles. The molecule has 0 spiro atoms. The zero-order valence-corrected chi connectivity index (χ0v) is 9.10.